The van der Waals surface area contributed by atoms with Crippen LogP contribution in [0.25, 0.3) is 0 Å². The van der Waals surface area contributed by atoms with Crippen molar-refractivity contribution >= 4 is 0 Å². The van der Waals surface area contributed by atoms with Gasteiger partial charge in [-0.1, -0.05) is 0 Å². The van der Waals surface area contributed by atoms with Crippen molar-refractivity contribution in [1.82, 2.24) is 9.80 Å². The molecule has 0 aliphatic carbocycles. The Hall–Kier alpha value is -0.160. The fourth-order valence-electron chi connectivity index (χ4n) is 3.00. The van der Waals surface area contributed by atoms with Crippen LogP contribution in [0.4, 0.5) is 0 Å². The smallest absolute Gasteiger partial charge is 0.0594 e. The lowest BCUT2D eigenvalue weighted by atomic mass is 10.1. The molecule has 0 amide bonds. The minimum absolute atomic E-state index is 0.880. The molecule has 106 valence electrons. The maximum atomic E-state index is 5.40. The molecule has 2 heterocycles. The van der Waals surface area contributed by atoms with Crippen molar-refractivity contribution in [2.75, 3.05) is 66.2 Å². The number of hydrogen-bond donors (Lipinski definition) is 0. The number of morpholine rings is 1. The molecule has 0 radical (unpaired) electrons. The van der Waals surface area contributed by atoms with Crippen LogP contribution in [0.2, 0.25) is 0 Å². The van der Waals surface area contributed by atoms with Gasteiger partial charge in [-0.25, -0.2) is 0 Å². The summed E-state index contributed by atoms with van der Waals surface area (Å²) >= 11 is 0. The zero-order chi connectivity index (χ0) is 12.6. The largest absolute Gasteiger partial charge is 0.385 e. The summed E-state index contributed by atoms with van der Waals surface area (Å²) < 4.78 is 10.5. The van der Waals surface area contributed by atoms with Gasteiger partial charge in [0.15, 0.2) is 0 Å². The zero-order valence-corrected chi connectivity index (χ0v) is 11.8. The van der Waals surface area contributed by atoms with Crippen LogP contribution in [-0.4, -0.2) is 76.0 Å². The number of nitrogens with zero attached hydrogens (tertiary/aromatic N) is 2. The van der Waals surface area contributed by atoms with Crippen molar-refractivity contribution in [2.24, 2.45) is 5.92 Å². The highest BCUT2D eigenvalue weighted by Crippen LogP contribution is 2.18. The van der Waals surface area contributed by atoms with Crippen molar-refractivity contribution in [2.45, 2.75) is 19.3 Å². The van der Waals surface area contributed by atoms with Gasteiger partial charge in [-0.05, 0) is 38.3 Å². The highest BCUT2D eigenvalue weighted by atomic mass is 16.5. The van der Waals surface area contributed by atoms with Crippen LogP contribution >= 0.6 is 0 Å². The highest BCUT2D eigenvalue weighted by molar-refractivity contribution is 4.79. The molecular formula is C14H28N2O2. The molecule has 0 bridgehead atoms. The number of rotatable bonds is 7. The van der Waals surface area contributed by atoms with E-state index in [2.05, 4.69) is 9.80 Å². The Morgan fingerprint density at radius 2 is 1.94 bits per heavy atom. The van der Waals surface area contributed by atoms with Gasteiger partial charge in [-0.15, -0.1) is 0 Å². The summed E-state index contributed by atoms with van der Waals surface area (Å²) in [5.41, 5.74) is 0. The van der Waals surface area contributed by atoms with Crippen LogP contribution in [0.5, 0.6) is 0 Å². The molecule has 0 spiro atoms. The molecule has 2 aliphatic heterocycles. The lowest BCUT2D eigenvalue weighted by molar-refractivity contribution is 0.0312. The number of likely N-dealkylation sites (tertiary alicyclic amines) is 1. The van der Waals surface area contributed by atoms with E-state index in [1.54, 1.807) is 7.11 Å². The zero-order valence-electron chi connectivity index (χ0n) is 11.8. The first kappa shape index (κ1) is 14.3. The molecule has 2 saturated heterocycles. The van der Waals surface area contributed by atoms with E-state index in [1.165, 1.54) is 45.4 Å². The van der Waals surface area contributed by atoms with E-state index in [-0.39, 0.29) is 0 Å². The van der Waals surface area contributed by atoms with Crippen molar-refractivity contribution < 1.29 is 9.47 Å². The Kier molecular flexibility index (Phi) is 6.41. The maximum Gasteiger partial charge on any atom is 0.0594 e. The minimum Gasteiger partial charge on any atom is -0.385 e. The Bertz CT molecular complexity index is 220. The van der Waals surface area contributed by atoms with Gasteiger partial charge < -0.3 is 14.4 Å². The van der Waals surface area contributed by atoms with Crippen LogP contribution in [0, 0.1) is 5.92 Å². The van der Waals surface area contributed by atoms with Crippen LogP contribution < -0.4 is 0 Å². The molecule has 0 unspecified atom stereocenters. The summed E-state index contributed by atoms with van der Waals surface area (Å²) in [6.45, 7) is 10.1. The Morgan fingerprint density at radius 1 is 1.11 bits per heavy atom. The van der Waals surface area contributed by atoms with Gasteiger partial charge in [0.2, 0.25) is 0 Å². The first-order valence-electron chi connectivity index (χ1n) is 7.40. The second kappa shape index (κ2) is 8.10. The van der Waals surface area contributed by atoms with Gasteiger partial charge >= 0.3 is 0 Å². The van der Waals surface area contributed by atoms with Gasteiger partial charge in [0.25, 0.3) is 0 Å². The normalized spacial score (nSPS) is 26.8. The highest BCUT2D eigenvalue weighted by Gasteiger charge is 2.24. The molecule has 18 heavy (non-hydrogen) atoms. The van der Waals surface area contributed by atoms with Gasteiger partial charge in [0.05, 0.1) is 13.2 Å². The number of hydrogen-bond acceptors (Lipinski definition) is 4. The molecule has 0 aromatic rings. The molecule has 2 rings (SSSR count). The quantitative estimate of drug-likeness (QED) is 0.636. The Morgan fingerprint density at radius 3 is 2.72 bits per heavy atom. The molecule has 0 N–H and O–H groups in total. The van der Waals surface area contributed by atoms with Crippen molar-refractivity contribution in [3.63, 3.8) is 0 Å². The Balaban J connectivity index is 1.56. The molecule has 0 aromatic carbocycles. The van der Waals surface area contributed by atoms with E-state index < -0.39 is 0 Å². The predicted molar refractivity (Wildman–Crippen MR) is 72.9 cm³/mol. The van der Waals surface area contributed by atoms with Gasteiger partial charge in [0, 0.05) is 39.9 Å². The summed E-state index contributed by atoms with van der Waals surface area (Å²) in [7, 11) is 1.79. The summed E-state index contributed by atoms with van der Waals surface area (Å²) in [6.07, 6.45) is 3.85. The van der Waals surface area contributed by atoms with Gasteiger partial charge in [-0.3, -0.25) is 4.90 Å². The van der Waals surface area contributed by atoms with Crippen LogP contribution in [0.1, 0.15) is 19.3 Å². The van der Waals surface area contributed by atoms with Crippen LogP contribution in [-0.2, 0) is 9.47 Å². The summed E-state index contributed by atoms with van der Waals surface area (Å²) in [6, 6.07) is 0. The van der Waals surface area contributed by atoms with Crippen LogP contribution in [0.15, 0.2) is 0 Å². The third-order valence-electron chi connectivity index (χ3n) is 4.06. The molecule has 2 aliphatic rings. The molecular weight excluding hydrogens is 228 g/mol. The minimum atomic E-state index is 0.880. The molecule has 1 atom stereocenters. The summed E-state index contributed by atoms with van der Waals surface area (Å²) in [5, 5.41) is 0. The van der Waals surface area contributed by atoms with Gasteiger partial charge in [-0.2, -0.15) is 0 Å². The van der Waals surface area contributed by atoms with Crippen molar-refractivity contribution in [3.05, 3.63) is 0 Å². The fraction of sp³-hybridized carbons (Fsp3) is 1.00. The summed E-state index contributed by atoms with van der Waals surface area (Å²) in [5.74, 6) is 0.880. The second-order valence-electron chi connectivity index (χ2n) is 5.57. The number of methoxy groups -OCH3 is 1. The van der Waals surface area contributed by atoms with Crippen molar-refractivity contribution in [3.8, 4) is 0 Å². The predicted octanol–water partition coefficient (Wildman–Crippen LogP) is 1.07. The fourth-order valence-corrected chi connectivity index (χ4v) is 3.00. The van der Waals surface area contributed by atoms with E-state index in [4.69, 9.17) is 9.47 Å². The van der Waals surface area contributed by atoms with Crippen molar-refractivity contribution in [1.29, 1.82) is 0 Å². The van der Waals surface area contributed by atoms with E-state index in [0.717, 1.165) is 38.8 Å². The lowest BCUT2D eigenvalue weighted by Crippen LogP contribution is -2.39. The average Bonchev–Trinajstić information content (AvgIpc) is 2.84. The van der Waals surface area contributed by atoms with E-state index >= 15 is 0 Å². The second-order valence-corrected chi connectivity index (χ2v) is 5.57. The average molecular weight is 256 g/mol. The Labute approximate surface area is 111 Å². The molecule has 2 fully saturated rings. The molecule has 4 heteroatoms. The molecule has 0 aromatic heterocycles. The van der Waals surface area contributed by atoms with E-state index in [0.29, 0.717) is 0 Å². The first-order chi connectivity index (χ1) is 8.88. The molecule has 4 nitrogen and oxygen atoms in total. The molecule has 0 saturated carbocycles. The number of ether oxygens (including phenoxy) is 2. The maximum absolute atomic E-state index is 5.40. The third-order valence-corrected chi connectivity index (χ3v) is 4.06. The standard InChI is InChI=1S/C14H28N2O2/c1-17-9-3-2-5-15-6-4-14(12-15)13-16-7-10-18-11-8-16/h14H,2-13H2,1H3/t14-/m0/s1. The topological polar surface area (TPSA) is 24.9 Å². The first-order valence-corrected chi connectivity index (χ1v) is 7.40. The third kappa shape index (κ3) is 4.84. The SMILES string of the molecule is COCCCCN1CC[C@H](CN2CCOCC2)C1. The summed E-state index contributed by atoms with van der Waals surface area (Å²) in [4.78, 5) is 5.20. The van der Waals surface area contributed by atoms with E-state index in [1.807, 2.05) is 0 Å². The number of unbranched alkanes of at least 4 members (excludes halogenated alkanes) is 1. The monoisotopic (exact) mass is 256 g/mol. The van der Waals surface area contributed by atoms with Gasteiger partial charge in [0.1, 0.15) is 0 Å². The lowest BCUT2D eigenvalue weighted by Gasteiger charge is -2.29. The van der Waals surface area contributed by atoms with E-state index in [9.17, 15) is 0 Å². The van der Waals surface area contributed by atoms with Crippen LogP contribution in [0.3, 0.4) is 0 Å².